The molecular weight excluding hydrogens is 420 g/mol. The first-order chi connectivity index (χ1) is 16.4. The van der Waals surface area contributed by atoms with E-state index in [9.17, 15) is 0 Å². The molecule has 1 aromatic carbocycles. The van der Waals surface area contributed by atoms with Crippen LogP contribution in [0, 0.1) is 38.9 Å². The summed E-state index contributed by atoms with van der Waals surface area (Å²) in [6.45, 7) is 21.0. The molecule has 1 aromatic rings. The van der Waals surface area contributed by atoms with Crippen molar-refractivity contribution < 1.29 is 0 Å². The van der Waals surface area contributed by atoms with Gasteiger partial charge in [-0.1, -0.05) is 122 Å². The van der Waals surface area contributed by atoms with Crippen molar-refractivity contribution >= 4 is 5.57 Å². The number of benzene rings is 1. The summed E-state index contributed by atoms with van der Waals surface area (Å²) in [5.41, 5.74) is 10.4. The lowest BCUT2D eigenvalue weighted by molar-refractivity contribution is -0.196. The van der Waals surface area contributed by atoms with E-state index in [2.05, 4.69) is 116 Å². The molecule has 0 radical (unpaired) electrons. The zero-order valence-corrected chi connectivity index (χ0v) is 23.3. The fourth-order valence-electron chi connectivity index (χ4n) is 9.52. The maximum absolute atomic E-state index is 2.69. The van der Waals surface area contributed by atoms with E-state index >= 15 is 0 Å². The summed E-state index contributed by atoms with van der Waals surface area (Å²) in [5.74, 6) is 1.10. The Bertz CT molecular complexity index is 1240. The number of fused-ring (bicyclic) bond motifs is 6. The zero-order chi connectivity index (χ0) is 25.0. The molecule has 1 saturated carbocycles. The van der Waals surface area contributed by atoms with Crippen LogP contribution in [0.5, 0.6) is 0 Å². The fourth-order valence-corrected chi connectivity index (χ4v) is 9.52. The third-order valence-corrected chi connectivity index (χ3v) is 12.9. The minimum Gasteiger partial charge on any atom is -0.0842 e. The van der Waals surface area contributed by atoms with Crippen molar-refractivity contribution in [1.82, 2.24) is 0 Å². The van der Waals surface area contributed by atoms with E-state index in [4.69, 9.17) is 0 Å². The van der Waals surface area contributed by atoms with Gasteiger partial charge in [-0.3, -0.25) is 0 Å². The topological polar surface area (TPSA) is 0 Å². The van der Waals surface area contributed by atoms with Crippen LogP contribution >= 0.6 is 0 Å². The predicted molar refractivity (Wildman–Crippen MR) is 150 cm³/mol. The molecule has 3 unspecified atom stereocenters. The van der Waals surface area contributed by atoms with E-state index < -0.39 is 0 Å². The van der Waals surface area contributed by atoms with Crippen LogP contribution in [0.4, 0.5) is 0 Å². The van der Waals surface area contributed by atoms with Gasteiger partial charge in [0.05, 0.1) is 0 Å². The molecule has 0 nitrogen and oxygen atoms in total. The molecule has 1 fully saturated rings. The highest BCUT2D eigenvalue weighted by Crippen LogP contribution is 2.80. The molecule has 0 spiro atoms. The first-order valence-electron chi connectivity index (χ1n) is 14.0. The van der Waals surface area contributed by atoms with Gasteiger partial charge in [0.1, 0.15) is 0 Å². The molecule has 0 bridgehead atoms. The van der Waals surface area contributed by atoms with Gasteiger partial charge in [-0.15, -0.1) is 0 Å². The summed E-state index contributed by atoms with van der Waals surface area (Å²) in [5, 5.41) is 0. The SMILES string of the molecule is CC1(CC2C=CC=C2)C2=C3Cc4ccccc4C3=C3C=CCCC3C2(C)C(C)(C)C(C)(C)C1(C)C. The Hall–Kier alpha value is -2.08. The van der Waals surface area contributed by atoms with E-state index in [-0.39, 0.29) is 27.1 Å². The lowest BCUT2D eigenvalue weighted by Gasteiger charge is -2.75. The van der Waals surface area contributed by atoms with Crippen LogP contribution in [-0.4, -0.2) is 0 Å². The first-order valence-corrected chi connectivity index (χ1v) is 14.0. The Morgan fingerprint density at radius 3 is 2.23 bits per heavy atom. The van der Waals surface area contributed by atoms with Crippen LogP contribution in [0.15, 0.2) is 77.4 Å². The molecule has 0 heteroatoms. The van der Waals surface area contributed by atoms with Crippen LogP contribution in [0.25, 0.3) is 5.57 Å². The lowest BCUT2D eigenvalue weighted by Crippen LogP contribution is -2.68. The van der Waals surface area contributed by atoms with Crippen molar-refractivity contribution in [3.8, 4) is 0 Å². The van der Waals surface area contributed by atoms with Crippen molar-refractivity contribution in [2.75, 3.05) is 0 Å². The second-order valence-electron chi connectivity index (χ2n) is 14.1. The molecule has 5 aliphatic rings. The smallest absolute Gasteiger partial charge is 0.00208 e. The van der Waals surface area contributed by atoms with Crippen molar-refractivity contribution in [2.45, 2.75) is 81.1 Å². The Kier molecular flexibility index (Phi) is 4.68. The molecule has 0 heterocycles. The fraction of sp³-hybridized carbons (Fsp3) is 0.543. The first kappa shape index (κ1) is 23.3. The van der Waals surface area contributed by atoms with Crippen LogP contribution in [-0.2, 0) is 6.42 Å². The Balaban J connectivity index is 1.74. The molecule has 0 aliphatic heterocycles. The second kappa shape index (κ2) is 7.02. The summed E-state index contributed by atoms with van der Waals surface area (Å²) in [4.78, 5) is 0. The molecule has 3 atom stereocenters. The zero-order valence-electron chi connectivity index (χ0n) is 23.3. The van der Waals surface area contributed by atoms with E-state index in [1.54, 1.807) is 16.7 Å². The van der Waals surface area contributed by atoms with Crippen molar-refractivity contribution in [3.05, 3.63) is 88.6 Å². The second-order valence-corrected chi connectivity index (χ2v) is 14.1. The molecule has 6 rings (SSSR count). The van der Waals surface area contributed by atoms with E-state index in [0.717, 1.165) is 6.42 Å². The average molecular weight is 465 g/mol. The van der Waals surface area contributed by atoms with Crippen molar-refractivity contribution in [2.24, 2.45) is 38.9 Å². The highest BCUT2D eigenvalue weighted by Gasteiger charge is 2.72. The standard InChI is InChI=1S/C35H44/c1-31(2)32(3,4)34(7,22-23-15-9-10-16-23)30-27-21-24-17-11-12-18-25(24)29(27)26-19-13-14-20-28(26)35(30,8)33(31,5)6/h9-13,15-19,23,28H,14,20-22H2,1-8H3. The lowest BCUT2D eigenvalue weighted by atomic mass is 9.29. The normalized spacial score (nSPS) is 35.7. The average Bonchev–Trinajstić information content (AvgIpc) is 3.45. The van der Waals surface area contributed by atoms with Gasteiger partial charge < -0.3 is 0 Å². The van der Waals surface area contributed by atoms with Gasteiger partial charge in [0.15, 0.2) is 0 Å². The van der Waals surface area contributed by atoms with Gasteiger partial charge in [0.25, 0.3) is 0 Å². The van der Waals surface area contributed by atoms with Gasteiger partial charge in [-0.2, -0.15) is 0 Å². The van der Waals surface area contributed by atoms with Crippen LogP contribution < -0.4 is 0 Å². The van der Waals surface area contributed by atoms with Crippen molar-refractivity contribution in [3.63, 3.8) is 0 Å². The maximum atomic E-state index is 2.69. The molecule has 5 aliphatic carbocycles. The summed E-state index contributed by atoms with van der Waals surface area (Å²) >= 11 is 0. The summed E-state index contributed by atoms with van der Waals surface area (Å²) in [6.07, 6.45) is 19.1. The molecular formula is C35H44. The van der Waals surface area contributed by atoms with Crippen LogP contribution in [0.1, 0.15) is 85.8 Å². The van der Waals surface area contributed by atoms with Crippen LogP contribution in [0.3, 0.4) is 0 Å². The minimum atomic E-state index is 0.0970. The number of rotatable bonds is 2. The third-order valence-electron chi connectivity index (χ3n) is 12.9. The predicted octanol–water partition coefficient (Wildman–Crippen LogP) is 9.51. The highest BCUT2D eigenvalue weighted by atomic mass is 14.8. The van der Waals surface area contributed by atoms with E-state index in [1.165, 1.54) is 30.4 Å². The van der Waals surface area contributed by atoms with E-state index in [1.807, 2.05) is 5.57 Å². The minimum absolute atomic E-state index is 0.0970. The van der Waals surface area contributed by atoms with Crippen LogP contribution in [0.2, 0.25) is 0 Å². The number of allylic oxidation sites excluding steroid dienone is 10. The van der Waals surface area contributed by atoms with Gasteiger partial charge in [0, 0.05) is 5.41 Å². The Labute approximate surface area is 214 Å². The van der Waals surface area contributed by atoms with Crippen molar-refractivity contribution in [1.29, 1.82) is 0 Å². The molecule has 0 amide bonds. The van der Waals surface area contributed by atoms with Gasteiger partial charge in [0.2, 0.25) is 0 Å². The molecule has 0 saturated heterocycles. The number of hydrogen-bond acceptors (Lipinski definition) is 0. The molecule has 184 valence electrons. The van der Waals surface area contributed by atoms with Gasteiger partial charge >= 0.3 is 0 Å². The summed E-state index contributed by atoms with van der Waals surface area (Å²) in [6, 6.07) is 9.28. The largest absolute Gasteiger partial charge is 0.0842 e. The summed E-state index contributed by atoms with van der Waals surface area (Å²) in [7, 11) is 0. The Morgan fingerprint density at radius 2 is 1.51 bits per heavy atom. The monoisotopic (exact) mass is 464 g/mol. The van der Waals surface area contributed by atoms with E-state index in [0.29, 0.717) is 11.8 Å². The quantitative estimate of drug-likeness (QED) is 0.409. The molecule has 0 N–H and O–H groups in total. The maximum Gasteiger partial charge on any atom is 0.00208 e. The third kappa shape index (κ3) is 2.55. The highest BCUT2D eigenvalue weighted by molar-refractivity contribution is 5.92. The molecule has 0 aromatic heterocycles. The summed E-state index contributed by atoms with van der Waals surface area (Å²) < 4.78 is 0. The van der Waals surface area contributed by atoms with Gasteiger partial charge in [-0.25, -0.2) is 0 Å². The number of hydrogen-bond donors (Lipinski definition) is 0. The Morgan fingerprint density at radius 1 is 0.829 bits per heavy atom. The van der Waals surface area contributed by atoms with Gasteiger partial charge in [-0.05, 0) is 87.0 Å². The molecule has 35 heavy (non-hydrogen) atoms.